The fraction of sp³-hybridized carbons (Fsp3) is 0.623. The summed E-state index contributed by atoms with van der Waals surface area (Å²) in [6, 6.07) is 0. The normalized spacial score (nSPS) is 14.2. The maximum Gasteiger partial charge on any atom is 0.472 e. The van der Waals surface area contributed by atoms with Gasteiger partial charge in [0.2, 0.25) is 0 Å². The monoisotopic (exact) mass is 898 g/mol. The number of hydrogen-bond acceptors (Lipinski definition) is 8. The molecule has 9 nitrogen and oxygen atoms in total. The Balaban J connectivity index is 4.13. The molecule has 0 aliphatic carbocycles. The topological polar surface area (TPSA) is 134 Å². The zero-order valence-corrected chi connectivity index (χ0v) is 40.4. The molecule has 3 N–H and O–H groups in total. The molecule has 0 bridgehead atoms. The second-order valence-electron chi connectivity index (χ2n) is 15.6. The van der Waals surface area contributed by atoms with Gasteiger partial charge in [-0.1, -0.05) is 187 Å². The van der Waals surface area contributed by atoms with Crippen molar-refractivity contribution in [2.75, 3.05) is 26.4 Å². The highest BCUT2D eigenvalue weighted by atomic mass is 31.2. The number of phosphoric ester groups is 1. The highest BCUT2D eigenvalue weighted by Gasteiger charge is 2.26. The molecule has 0 aromatic heterocycles. The van der Waals surface area contributed by atoms with Gasteiger partial charge in [0.05, 0.1) is 13.2 Å². The van der Waals surface area contributed by atoms with Gasteiger partial charge in [-0.05, 0) is 89.9 Å². The highest BCUT2D eigenvalue weighted by Crippen LogP contribution is 2.43. The molecule has 0 fully saturated rings. The van der Waals surface area contributed by atoms with E-state index in [4.69, 9.17) is 24.3 Å². The Labute approximate surface area is 384 Å². The number of carbonyl (C=O) groups is 2. The second-order valence-corrected chi connectivity index (χ2v) is 17.0. The van der Waals surface area contributed by atoms with Gasteiger partial charge >= 0.3 is 19.8 Å². The van der Waals surface area contributed by atoms with Gasteiger partial charge in [-0.15, -0.1) is 0 Å². The van der Waals surface area contributed by atoms with Crippen molar-refractivity contribution in [1.82, 2.24) is 0 Å². The second kappa shape index (κ2) is 48.1. The number of phosphoric acid groups is 1. The summed E-state index contributed by atoms with van der Waals surface area (Å²) in [4.78, 5) is 35.0. The number of hydrogen-bond donors (Lipinski definition) is 2. The Hall–Kier alpha value is -3.33. The van der Waals surface area contributed by atoms with Crippen LogP contribution in [-0.2, 0) is 32.7 Å². The van der Waals surface area contributed by atoms with Gasteiger partial charge < -0.3 is 20.1 Å². The Morgan fingerprint density at radius 1 is 0.476 bits per heavy atom. The number of unbranched alkanes of at least 4 members (excludes halogenated alkanes) is 13. The van der Waals surface area contributed by atoms with Crippen molar-refractivity contribution in [3.63, 3.8) is 0 Å². The predicted octanol–water partition coefficient (Wildman–Crippen LogP) is 14.7. The van der Waals surface area contributed by atoms with Crippen LogP contribution in [0.3, 0.4) is 0 Å². The van der Waals surface area contributed by atoms with Crippen LogP contribution in [-0.4, -0.2) is 49.3 Å². The number of nitrogens with two attached hydrogens (primary N) is 1. The fourth-order valence-electron chi connectivity index (χ4n) is 6.13. The summed E-state index contributed by atoms with van der Waals surface area (Å²) in [7, 11) is -4.40. The Morgan fingerprint density at radius 2 is 0.841 bits per heavy atom. The molecule has 0 radical (unpaired) electrons. The summed E-state index contributed by atoms with van der Waals surface area (Å²) in [6.45, 7) is 3.43. The van der Waals surface area contributed by atoms with E-state index in [2.05, 4.69) is 117 Å². The fourth-order valence-corrected chi connectivity index (χ4v) is 6.90. The molecular formula is C53H88NO8P. The smallest absolute Gasteiger partial charge is 0.462 e. The van der Waals surface area contributed by atoms with Crippen molar-refractivity contribution in [2.45, 2.75) is 187 Å². The van der Waals surface area contributed by atoms with Gasteiger partial charge in [0.25, 0.3) is 0 Å². The number of esters is 2. The molecule has 0 aromatic rings. The van der Waals surface area contributed by atoms with E-state index in [1.54, 1.807) is 0 Å². The van der Waals surface area contributed by atoms with Gasteiger partial charge in [0.15, 0.2) is 6.10 Å². The van der Waals surface area contributed by atoms with Crippen LogP contribution in [0.25, 0.3) is 0 Å². The van der Waals surface area contributed by atoms with E-state index in [0.717, 1.165) is 83.5 Å². The summed E-state index contributed by atoms with van der Waals surface area (Å²) >= 11 is 0. The van der Waals surface area contributed by atoms with Crippen LogP contribution in [0, 0.1) is 0 Å². The Kier molecular flexibility index (Phi) is 45.6. The molecule has 0 amide bonds. The van der Waals surface area contributed by atoms with E-state index < -0.39 is 32.5 Å². The molecule has 0 spiro atoms. The van der Waals surface area contributed by atoms with Gasteiger partial charge in [0, 0.05) is 19.4 Å². The quantitative estimate of drug-likeness (QED) is 0.0265. The third kappa shape index (κ3) is 48.0. The molecule has 2 unspecified atom stereocenters. The standard InChI is InChI=1S/C53H88NO8P/c1-3-5-7-9-11-13-15-17-19-21-22-23-24-25-26-27-28-30-31-33-35-37-39-41-43-45-52(55)59-49-51(50-61-63(57,58)60-48-47-54)62-53(56)46-44-42-40-38-36-34-32-29-20-18-16-14-12-10-8-6-4-2/h5-8,11-14,17-20,22-23,32,34,38,40,51H,3-4,9-10,15-16,21,24-31,33,35-37,39,41-50,54H2,1-2H3,(H,57,58)/b7-5-,8-6-,13-11-,14-12-,19-17-,20-18-,23-22-,34-32-,40-38-. The lowest BCUT2D eigenvalue weighted by Gasteiger charge is -2.19. The maximum absolute atomic E-state index is 12.6. The minimum absolute atomic E-state index is 0.0385. The zero-order chi connectivity index (χ0) is 46.0. The average molecular weight is 898 g/mol. The zero-order valence-electron chi connectivity index (χ0n) is 39.5. The SMILES string of the molecule is CC/C=C\C/C=C\C/C=C\C/C=C\C/C=C\CCCC(=O)OC(COC(=O)CCCCCCCCCCCCCC/C=C\C/C=C\C/C=C\C/C=C\CC)COP(=O)(O)OCCN. The molecule has 63 heavy (non-hydrogen) atoms. The van der Waals surface area contributed by atoms with E-state index in [0.29, 0.717) is 12.8 Å². The molecular weight excluding hydrogens is 810 g/mol. The van der Waals surface area contributed by atoms with E-state index in [1.165, 1.54) is 57.8 Å². The molecule has 2 atom stereocenters. The highest BCUT2D eigenvalue weighted by molar-refractivity contribution is 7.47. The molecule has 0 aliphatic rings. The summed E-state index contributed by atoms with van der Waals surface area (Å²) in [6.07, 6.45) is 64.2. The lowest BCUT2D eigenvalue weighted by atomic mass is 10.0. The van der Waals surface area contributed by atoms with Crippen LogP contribution in [0.1, 0.15) is 181 Å². The number of ether oxygens (including phenoxy) is 2. The molecule has 0 heterocycles. The minimum Gasteiger partial charge on any atom is -0.462 e. The lowest BCUT2D eigenvalue weighted by Crippen LogP contribution is -2.29. The Bertz CT molecular complexity index is 1390. The lowest BCUT2D eigenvalue weighted by molar-refractivity contribution is -0.161. The van der Waals surface area contributed by atoms with Crippen molar-refractivity contribution >= 4 is 19.8 Å². The van der Waals surface area contributed by atoms with Gasteiger partial charge in [0.1, 0.15) is 6.61 Å². The largest absolute Gasteiger partial charge is 0.472 e. The molecule has 10 heteroatoms. The van der Waals surface area contributed by atoms with Crippen LogP contribution in [0.2, 0.25) is 0 Å². The van der Waals surface area contributed by atoms with E-state index in [9.17, 15) is 19.0 Å². The molecule has 0 rings (SSSR count). The van der Waals surface area contributed by atoms with E-state index in [-0.39, 0.29) is 32.6 Å². The average Bonchev–Trinajstić information content (AvgIpc) is 3.27. The predicted molar refractivity (Wildman–Crippen MR) is 265 cm³/mol. The van der Waals surface area contributed by atoms with Crippen LogP contribution < -0.4 is 5.73 Å². The van der Waals surface area contributed by atoms with Crippen LogP contribution >= 0.6 is 7.82 Å². The third-order valence-corrected chi connectivity index (χ3v) is 10.6. The van der Waals surface area contributed by atoms with Gasteiger partial charge in [-0.25, -0.2) is 4.57 Å². The first-order chi connectivity index (χ1) is 30.8. The molecule has 0 aromatic carbocycles. The molecule has 0 saturated heterocycles. The van der Waals surface area contributed by atoms with Crippen molar-refractivity contribution in [2.24, 2.45) is 5.73 Å². The van der Waals surface area contributed by atoms with Crippen LogP contribution in [0.5, 0.6) is 0 Å². The van der Waals surface area contributed by atoms with E-state index in [1.807, 2.05) is 6.08 Å². The first kappa shape index (κ1) is 59.7. The van der Waals surface area contributed by atoms with Crippen molar-refractivity contribution in [3.05, 3.63) is 109 Å². The van der Waals surface area contributed by atoms with Crippen LogP contribution in [0.4, 0.5) is 0 Å². The van der Waals surface area contributed by atoms with E-state index >= 15 is 0 Å². The summed E-state index contributed by atoms with van der Waals surface area (Å²) in [5.41, 5.74) is 5.36. The number of carbonyl (C=O) groups excluding carboxylic acids is 2. The first-order valence-corrected chi connectivity index (χ1v) is 25.9. The van der Waals surface area contributed by atoms with Gasteiger partial charge in [-0.2, -0.15) is 0 Å². The Morgan fingerprint density at radius 3 is 1.27 bits per heavy atom. The third-order valence-electron chi connectivity index (χ3n) is 9.65. The number of rotatable bonds is 44. The van der Waals surface area contributed by atoms with Crippen molar-refractivity contribution in [3.8, 4) is 0 Å². The van der Waals surface area contributed by atoms with Gasteiger partial charge in [-0.3, -0.25) is 18.6 Å². The maximum atomic E-state index is 12.6. The molecule has 0 saturated carbocycles. The first-order valence-electron chi connectivity index (χ1n) is 24.4. The number of allylic oxidation sites excluding steroid dienone is 18. The molecule has 0 aliphatic heterocycles. The summed E-state index contributed by atoms with van der Waals surface area (Å²) in [5, 5.41) is 0. The minimum atomic E-state index is -4.40. The van der Waals surface area contributed by atoms with Crippen molar-refractivity contribution < 1.29 is 37.6 Å². The summed E-state index contributed by atoms with van der Waals surface area (Å²) < 4.78 is 32.8. The van der Waals surface area contributed by atoms with Crippen molar-refractivity contribution in [1.29, 1.82) is 0 Å². The summed E-state index contributed by atoms with van der Waals surface area (Å²) in [5.74, 6) is -0.907. The van der Waals surface area contributed by atoms with Crippen LogP contribution in [0.15, 0.2) is 109 Å². The molecule has 358 valence electrons.